The zero-order valence-corrected chi connectivity index (χ0v) is 8.50. The van der Waals surface area contributed by atoms with Crippen molar-refractivity contribution in [3.05, 3.63) is 17.5 Å². The second-order valence-corrected chi connectivity index (χ2v) is 3.92. The molecular formula is C10H15N3O. The molecule has 1 fully saturated rings. The van der Waals surface area contributed by atoms with E-state index in [1.807, 2.05) is 6.92 Å². The van der Waals surface area contributed by atoms with Crippen LogP contribution in [0.15, 0.2) is 6.07 Å². The molecule has 1 aliphatic carbocycles. The molecule has 0 aromatic carbocycles. The lowest BCUT2D eigenvalue weighted by Gasteiger charge is -1.99. The van der Waals surface area contributed by atoms with Gasteiger partial charge in [-0.1, -0.05) is 13.3 Å². The van der Waals surface area contributed by atoms with Gasteiger partial charge in [0.05, 0.1) is 0 Å². The molecule has 14 heavy (non-hydrogen) atoms. The van der Waals surface area contributed by atoms with Crippen LogP contribution in [0.5, 0.6) is 0 Å². The molecule has 4 nitrogen and oxygen atoms in total. The molecule has 0 radical (unpaired) electrons. The van der Waals surface area contributed by atoms with Gasteiger partial charge in [-0.25, -0.2) is 0 Å². The summed E-state index contributed by atoms with van der Waals surface area (Å²) in [5, 5.41) is 9.63. The summed E-state index contributed by atoms with van der Waals surface area (Å²) in [6, 6.07) is 2.14. The van der Waals surface area contributed by atoms with Gasteiger partial charge in [-0.3, -0.25) is 9.89 Å². The van der Waals surface area contributed by atoms with Crippen molar-refractivity contribution in [3.8, 4) is 0 Å². The lowest BCUT2D eigenvalue weighted by molar-refractivity contribution is 0.0944. The van der Waals surface area contributed by atoms with Gasteiger partial charge >= 0.3 is 0 Å². The first kappa shape index (κ1) is 9.24. The van der Waals surface area contributed by atoms with E-state index in [4.69, 9.17) is 0 Å². The molecule has 1 aliphatic rings. The highest BCUT2D eigenvalue weighted by molar-refractivity contribution is 5.92. The van der Waals surface area contributed by atoms with Crippen molar-refractivity contribution in [2.24, 2.45) is 5.92 Å². The molecule has 0 unspecified atom stereocenters. The molecule has 1 aromatic rings. The minimum Gasteiger partial charge on any atom is -0.348 e. The molecule has 1 heterocycles. The third-order valence-electron chi connectivity index (χ3n) is 2.70. The summed E-state index contributed by atoms with van der Waals surface area (Å²) in [6.45, 7) is 4.03. The van der Waals surface area contributed by atoms with E-state index < -0.39 is 0 Å². The van der Waals surface area contributed by atoms with E-state index in [0.717, 1.165) is 18.5 Å². The average Bonchev–Trinajstić information content (AvgIpc) is 2.77. The van der Waals surface area contributed by atoms with Crippen LogP contribution < -0.4 is 5.32 Å². The molecule has 4 heteroatoms. The van der Waals surface area contributed by atoms with Crippen molar-refractivity contribution >= 4 is 5.91 Å². The Bertz CT molecular complexity index is 345. The van der Waals surface area contributed by atoms with Crippen LogP contribution in [-0.4, -0.2) is 22.1 Å². The van der Waals surface area contributed by atoms with Crippen LogP contribution in [0, 0.1) is 12.8 Å². The van der Waals surface area contributed by atoms with Gasteiger partial charge in [0.15, 0.2) is 0 Å². The molecule has 1 saturated carbocycles. The van der Waals surface area contributed by atoms with Crippen molar-refractivity contribution in [1.29, 1.82) is 0 Å². The van der Waals surface area contributed by atoms with Crippen LogP contribution in [0.1, 0.15) is 35.9 Å². The fourth-order valence-corrected chi connectivity index (χ4v) is 1.65. The Morgan fingerprint density at radius 3 is 3.07 bits per heavy atom. The van der Waals surface area contributed by atoms with Crippen LogP contribution in [0.3, 0.4) is 0 Å². The van der Waals surface area contributed by atoms with E-state index in [0.29, 0.717) is 17.7 Å². The van der Waals surface area contributed by atoms with E-state index in [2.05, 4.69) is 22.4 Å². The van der Waals surface area contributed by atoms with Crippen LogP contribution in [0.2, 0.25) is 0 Å². The minimum atomic E-state index is -0.0599. The number of hydrogen-bond acceptors (Lipinski definition) is 2. The van der Waals surface area contributed by atoms with E-state index in [-0.39, 0.29) is 5.91 Å². The Balaban J connectivity index is 1.91. The summed E-state index contributed by atoms with van der Waals surface area (Å²) >= 11 is 0. The Morgan fingerprint density at radius 2 is 2.57 bits per heavy atom. The van der Waals surface area contributed by atoms with Crippen LogP contribution >= 0.6 is 0 Å². The highest BCUT2D eigenvalue weighted by Crippen LogP contribution is 2.33. The maximum Gasteiger partial charge on any atom is 0.272 e. The highest BCUT2D eigenvalue weighted by atomic mass is 16.2. The quantitative estimate of drug-likeness (QED) is 0.759. The van der Waals surface area contributed by atoms with Gasteiger partial charge in [0.1, 0.15) is 5.69 Å². The van der Waals surface area contributed by atoms with E-state index in [1.54, 1.807) is 6.07 Å². The molecule has 76 valence electrons. The van der Waals surface area contributed by atoms with Gasteiger partial charge in [0.2, 0.25) is 0 Å². The average molecular weight is 193 g/mol. The fourth-order valence-electron chi connectivity index (χ4n) is 1.65. The predicted molar refractivity (Wildman–Crippen MR) is 53.0 cm³/mol. The van der Waals surface area contributed by atoms with Crippen LogP contribution in [-0.2, 0) is 0 Å². The standard InChI is InChI=1S/C10H15N3O/c1-3-7-5-8(7)11-10(14)9-4-6(2)12-13-9/h4,7-8H,3,5H2,1-2H3,(H,11,14)(H,12,13)/t7-,8-/m1/s1. The lowest BCUT2D eigenvalue weighted by Crippen LogP contribution is -2.27. The fraction of sp³-hybridized carbons (Fsp3) is 0.600. The Kier molecular flexibility index (Phi) is 2.27. The van der Waals surface area contributed by atoms with E-state index in [9.17, 15) is 4.79 Å². The van der Waals surface area contributed by atoms with Gasteiger partial charge in [0, 0.05) is 11.7 Å². The number of nitrogens with one attached hydrogen (secondary N) is 2. The number of carbonyl (C=O) groups excluding carboxylic acids is 1. The second kappa shape index (κ2) is 3.44. The molecule has 0 saturated heterocycles. The van der Waals surface area contributed by atoms with Crippen molar-refractivity contribution in [2.45, 2.75) is 32.7 Å². The smallest absolute Gasteiger partial charge is 0.272 e. The molecule has 2 rings (SSSR count). The summed E-state index contributed by atoms with van der Waals surface area (Å²) in [7, 11) is 0. The molecule has 0 bridgehead atoms. The first-order valence-corrected chi connectivity index (χ1v) is 5.03. The second-order valence-electron chi connectivity index (χ2n) is 3.92. The van der Waals surface area contributed by atoms with Gasteiger partial charge in [0.25, 0.3) is 5.91 Å². The number of aromatic nitrogens is 2. The number of amides is 1. The third kappa shape index (κ3) is 1.78. The van der Waals surface area contributed by atoms with Crippen molar-refractivity contribution in [3.63, 3.8) is 0 Å². The first-order valence-electron chi connectivity index (χ1n) is 5.03. The normalized spacial score (nSPS) is 24.7. The summed E-state index contributed by atoms with van der Waals surface area (Å²) in [5.74, 6) is 0.620. The minimum absolute atomic E-state index is 0.0599. The summed E-state index contributed by atoms with van der Waals surface area (Å²) in [6.07, 6.45) is 2.26. The van der Waals surface area contributed by atoms with Crippen molar-refractivity contribution < 1.29 is 4.79 Å². The van der Waals surface area contributed by atoms with E-state index in [1.165, 1.54) is 0 Å². The number of aromatic amines is 1. The maximum absolute atomic E-state index is 11.6. The van der Waals surface area contributed by atoms with Crippen molar-refractivity contribution in [1.82, 2.24) is 15.5 Å². The molecule has 2 N–H and O–H groups in total. The Labute approximate surface area is 83.1 Å². The number of hydrogen-bond donors (Lipinski definition) is 2. The molecule has 0 aliphatic heterocycles. The topological polar surface area (TPSA) is 57.8 Å². The lowest BCUT2D eigenvalue weighted by atomic mass is 10.3. The Morgan fingerprint density at radius 1 is 1.79 bits per heavy atom. The zero-order valence-electron chi connectivity index (χ0n) is 8.50. The maximum atomic E-state index is 11.6. The molecule has 1 aromatic heterocycles. The van der Waals surface area contributed by atoms with Gasteiger partial charge in [-0.15, -0.1) is 0 Å². The number of rotatable bonds is 3. The molecule has 1 amide bonds. The summed E-state index contributed by atoms with van der Waals surface area (Å²) < 4.78 is 0. The predicted octanol–water partition coefficient (Wildman–Crippen LogP) is 1.25. The van der Waals surface area contributed by atoms with E-state index >= 15 is 0 Å². The van der Waals surface area contributed by atoms with Crippen LogP contribution in [0.4, 0.5) is 0 Å². The third-order valence-corrected chi connectivity index (χ3v) is 2.70. The number of H-pyrrole nitrogens is 1. The van der Waals surface area contributed by atoms with Gasteiger partial charge in [-0.05, 0) is 25.3 Å². The molecule has 0 spiro atoms. The van der Waals surface area contributed by atoms with Gasteiger partial charge in [-0.2, -0.15) is 5.10 Å². The number of aryl methyl sites for hydroxylation is 1. The zero-order chi connectivity index (χ0) is 10.1. The molecular weight excluding hydrogens is 178 g/mol. The highest BCUT2D eigenvalue weighted by Gasteiger charge is 2.36. The Hall–Kier alpha value is -1.32. The number of nitrogens with zero attached hydrogens (tertiary/aromatic N) is 1. The van der Waals surface area contributed by atoms with Crippen molar-refractivity contribution in [2.75, 3.05) is 0 Å². The SMILES string of the molecule is CC[C@@H]1C[C@H]1NC(=O)c1cc(C)[nH]n1. The van der Waals surface area contributed by atoms with Crippen LogP contribution in [0.25, 0.3) is 0 Å². The molecule has 2 atom stereocenters. The largest absolute Gasteiger partial charge is 0.348 e. The summed E-state index contributed by atoms with van der Waals surface area (Å²) in [5.41, 5.74) is 1.40. The summed E-state index contributed by atoms with van der Waals surface area (Å²) in [4.78, 5) is 11.6. The number of carbonyl (C=O) groups is 1. The first-order chi connectivity index (χ1) is 6.70. The van der Waals surface area contributed by atoms with Gasteiger partial charge < -0.3 is 5.32 Å². The monoisotopic (exact) mass is 193 g/mol.